The summed E-state index contributed by atoms with van der Waals surface area (Å²) in [6, 6.07) is 19.9. The smallest absolute Gasteiger partial charge is 0.303 e. The molecule has 14 heteroatoms. The van der Waals surface area contributed by atoms with Crippen LogP contribution in [0.3, 0.4) is 0 Å². The zero-order valence-electron chi connectivity index (χ0n) is 40.6. The molecule has 0 saturated carbocycles. The van der Waals surface area contributed by atoms with Gasteiger partial charge < -0.3 is 41.7 Å². The third kappa shape index (κ3) is 10.2. The fourth-order valence-corrected chi connectivity index (χ4v) is 9.66. The van der Waals surface area contributed by atoms with Crippen LogP contribution in [0.5, 0.6) is 0 Å². The van der Waals surface area contributed by atoms with Gasteiger partial charge in [0.25, 0.3) is 0 Å². The van der Waals surface area contributed by atoms with Crippen LogP contribution < -0.4 is 26.6 Å². The van der Waals surface area contributed by atoms with E-state index in [-0.39, 0.29) is 62.9 Å². The zero-order chi connectivity index (χ0) is 49.8. The molecule has 3 aliphatic rings. The van der Waals surface area contributed by atoms with Crippen molar-refractivity contribution in [2.75, 3.05) is 35.6 Å². The van der Waals surface area contributed by atoms with E-state index in [1.54, 1.807) is 0 Å². The van der Waals surface area contributed by atoms with E-state index in [1.165, 1.54) is 0 Å². The van der Waals surface area contributed by atoms with Crippen LogP contribution in [0.2, 0.25) is 0 Å². The summed E-state index contributed by atoms with van der Waals surface area (Å²) in [7, 11) is 0. The minimum Gasteiger partial charge on any atom is -0.481 e. The molecule has 0 radical (unpaired) electrons. The van der Waals surface area contributed by atoms with E-state index >= 15 is 0 Å². The Bertz CT molecular complexity index is 3220. The van der Waals surface area contributed by atoms with Crippen molar-refractivity contribution >= 4 is 97.3 Å². The lowest BCUT2D eigenvalue weighted by atomic mass is 9.92. The van der Waals surface area contributed by atoms with Crippen LogP contribution in [0.25, 0.3) is 67.6 Å². The molecule has 3 amide bonds. The van der Waals surface area contributed by atoms with Gasteiger partial charge in [-0.15, -0.1) is 0 Å². The highest BCUT2D eigenvalue weighted by Crippen LogP contribution is 2.42. The SMILES string of the molecule is C=Cc1c(C)c2cc3[nH]c(cc4nc(cc5nc(cc1[nH]2)C(C)=C5CCC(=O)O)C(CCC(=O)NCCNC(=O)CCCC(=O)Nc1ccc2c(c1)CN(CC)c1cc(N)ccc1-2)=C4C)c(C)c3C=C. The van der Waals surface area contributed by atoms with Crippen LogP contribution in [0.4, 0.5) is 17.1 Å². The highest BCUT2D eigenvalue weighted by atomic mass is 16.4. The number of aryl methyl sites for hydroxylation is 2. The first-order chi connectivity index (χ1) is 33.6. The number of carboxylic acids is 1. The van der Waals surface area contributed by atoms with Gasteiger partial charge >= 0.3 is 5.97 Å². The van der Waals surface area contributed by atoms with Crippen molar-refractivity contribution in [3.8, 4) is 11.1 Å². The number of nitrogens with one attached hydrogen (secondary N) is 5. The number of carbonyl (C=O) groups excluding carboxylic acids is 3. The number of aromatic nitrogens is 4. The van der Waals surface area contributed by atoms with Crippen molar-refractivity contribution in [1.29, 1.82) is 0 Å². The second-order valence-corrected chi connectivity index (χ2v) is 18.1. The number of hydrogen-bond donors (Lipinski definition) is 7. The standard InChI is InChI=1S/C56H61N9O5/c1-8-38-31(4)44-26-45-33(6)40(50(63-45)29-51-41(19-21-56(69)70)34(7)47(64-51)28-49-39(9-2)32(5)46(62-49)27-48(38)61-44)18-20-54(67)59-23-22-58-53(66)12-11-13-55(68)60-37-15-17-42-35(24-37)30-65(10-3)52-25-36(57)14-16-43(42)52/h8-9,14-17,24-29,61-62H,1-2,10-13,18-23,30,57H2,3-7H3,(H,58,66)(H,59,67)(H,60,68)(H,69,70). The summed E-state index contributed by atoms with van der Waals surface area (Å²) in [6.45, 7) is 20.4. The zero-order valence-corrected chi connectivity index (χ0v) is 40.6. The Morgan fingerprint density at radius 1 is 0.686 bits per heavy atom. The molecular formula is C56H61N9O5. The first-order valence-electron chi connectivity index (χ1n) is 23.9. The fraction of sp³-hybridized carbons (Fsp3) is 0.286. The number of amides is 3. The van der Waals surface area contributed by atoms with Gasteiger partial charge in [-0.2, -0.15) is 0 Å². The molecule has 6 heterocycles. The van der Waals surface area contributed by atoms with E-state index in [0.717, 1.165) is 107 Å². The lowest BCUT2D eigenvalue weighted by Crippen LogP contribution is -2.34. The van der Waals surface area contributed by atoms with E-state index in [9.17, 15) is 24.3 Å². The maximum absolute atomic E-state index is 13.3. The van der Waals surface area contributed by atoms with Gasteiger partial charge in [-0.1, -0.05) is 37.4 Å². The number of nitrogens with zero attached hydrogens (tertiary/aromatic N) is 3. The molecule has 0 fully saturated rings. The van der Waals surface area contributed by atoms with Gasteiger partial charge in [0.05, 0.1) is 22.8 Å². The van der Waals surface area contributed by atoms with Gasteiger partial charge in [0.2, 0.25) is 17.7 Å². The van der Waals surface area contributed by atoms with Gasteiger partial charge in [0.1, 0.15) is 0 Å². The molecule has 5 aromatic rings. The number of fused-ring (bicyclic) bond motifs is 11. The van der Waals surface area contributed by atoms with Crippen molar-refractivity contribution in [3.05, 3.63) is 124 Å². The highest BCUT2D eigenvalue weighted by molar-refractivity contribution is 5.98. The van der Waals surface area contributed by atoms with E-state index in [2.05, 4.69) is 57.0 Å². The predicted octanol–water partition coefficient (Wildman–Crippen LogP) is 10.4. The average Bonchev–Trinajstić information content (AvgIpc) is 4.00. The van der Waals surface area contributed by atoms with E-state index in [1.807, 2.05) is 94.4 Å². The number of aliphatic carboxylic acids is 1. The molecule has 3 aliphatic heterocycles. The number of nitrogen functional groups attached to an aromatic ring is 1. The first-order valence-corrected chi connectivity index (χ1v) is 23.9. The number of nitrogens with two attached hydrogens (primary N) is 1. The van der Waals surface area contributed by atoms with Crippen LogP contribution in [0.15, 0.2) is 73.8 Å². The molecule has 0 atom stereocenters. The maximum atomic E-state index is 13.3. The Labute approximate surface area is 407 Å². The number of carboxylic acid groups (broad SMARTS) is 1. The summed E-state index contributed by atoms with van der Waals surface area (Å²) >= 11 is 0. The van der Waals surface area contributed by atoms with E-state index in [4.69, 9.17) is 15.7 Å². The van der Waals surface area contributed by atoms with Crippen molar-refractivity contribution in [1.82, 2.24) is 30.6 Å². The van der Waals surface area contributed by atoms with Crippen molar-refractivity contribution < 1.29 is 24.3 Å². The monoisotopic (exact) mass is 939 g/mol. The molecule has 70 heavy (non-hydrogen) atoms. The van der Waals surface area contributed by atoms with Gasteiger partial charge in [-0.3, -0.25) is 19.2 Å². The first kappa shape index (κ1) is 48.5. The number of rotatable bonds is 17. The molecule has 2 aromatic carbocycles. The maximum Gasteiger partial charge on any atom is 0.303 e. The Kier molecular flexibility index (Phi) is 14.3. The molecule has 3 aromatic heterocycles. The fourth-order valence-electron chi connectivity index (χ4n) is 9.66. The van der Waals surface area contributed by atoms with E-state index < -0.39 is 5.97 Å². The summed E-state index contributed by atoms with van der Waals surface area (Å²) in [4.78, 5) is 70.3. The van der Waals surface area contributed by atoms with Crippen LogP contribution in [0.1, 0.15) is 116 Å². The molecule has 8 rings (SSSR count). The number of H-pyrrole nitrogens is 2. The normalized spacial score (nSPS) is 12.9. The average molecular weight is 940 g/mol. The third-order valence-electron chi connectivity index (χ3n) is 13.6. The van der Waals surface area contributed by atoms with Crippen molar-refractivity contribution in [3.63, 3.8) is 0 Å². The summed E-state index contributed by atoms with van der Waals surface area (Å²) in [5.41, 5.74) is 25.6. The Hall–Kier alpha value is -8.00. The second-order valence-electron chi connectivity index (χ2n) is 18.1. The number of benzene rings is 2. The molecule has 8 bridgehead atoms. The van der Waals surface area contributed by atoms with Gasteiger partial charge in [0.15, 0.2) is 0 Å². The van der Waals surface area contributed by atoms with Gasteiger partial charge in [0, 0.05) is 108 Å². The van der Waals surface area contributed by atoms with Crippen LogP contribution >= 0.6 is 0 Å². The lowest BCUT2D eigenvalue weighted by molar-refractivity contribution is -0.137. The summed E-state index contributed by atoms with van der Waals surface area (Å²) in [5, 5.41) is 18.5. The van der Waals surface area contributed by atoms with Crippen molar-refractivity contribution in [2.24, 2.45) is 0 Å². The molecule has 0 aliphatic carbocycles. The third-order valence-corrected chi connectivity index (χ3v) is 13.6. The predicted molar refractivity (Wildman–Crippen MR) is 283 cm³/mol. The molecule has 0 unspecified atom stereocenters. The Morgan fingerprint density at radius 3 is 1.86 bits per heavy atom. The molecule has 360 valence electrons. The van der Waals surface area contributed by atoms with Crippen molar-refractivity contribution in [2.45, 2.75) is 86.1 Å². The second kappa shape index (κ2) is 20.7. The molecule has 0 saturated heterocycles. The van der Waals surface area contributed by atoms with Gasteiger partial charge in [-0.05, 0) is 147 Å². The highest BCUT2D eigenvalue weighted by Gasteiger charge is 2.24. The molecule has 8 N–H and O–H groups in total. The van der Waals surface area contributed by atoms with Crippen LogP contribution in [-0.4, -0.2) is 68.4 Å². The quantitative estimate of drug-likeness (QED) is 0.0349. The Morgan fingerprint density at radius 2 is 1.24 bits per heavy atom. The Balaban J connectivity index is 0.911. The van der Waals surface area contributed by atoms with Crippen LogP contribution in [-0.2, 0) is 25.7 Å². The minimum atomic E-state index is -0.903. The topological polar surface area (TPSA) is 211 Å². The summed E-state index contributed by atoms with van der Waals surface area (Å²) in [6.07, 6.45) is 5.16. The van der Waals surface area contributed by atoms with Crippen LogP contribution in [0, 0.1) is 13.8 Å². The number of anilines is 3. The molecule has 0 spiro atoms. The van der Waals surface area contributed by atoms with Gasteiger partial charge in [-0.25, -0.2) is 9.97 Å². The van der Waals surface area contributed by atoms with E-state index in [0.29, 0.717) is 42.2 Å². The lowest BCUT2D eigenvalue weighted by Gasteiger charge is -2.32. The summed E-state index contributed by atoms with van der Waals surface area (Å²) in [5.74, 6) is -1.45. The number of hydrogen-bond acceptors (Lipinski definition) is 8. The number of allylic oxidation sites excluding steroid dienone is 4. The minimum absolute atomic E-state index is 0.0644. The summed E-state index contributed by atoms with van der Waals surface area (Å²) < 4.78 is 0. The molecular weight excluding hydrogens is 879 g/mol. The molecule has 14 nitrogen and oxygen atoms in total. The number of carbonyl (C=O) groups is 4. The number of aromatic amines is 2. The largest absolute Gasteiger partial charge is 0.481 e.